The largest absolute Gasteiger partial charge is 0.469 e. The molecule has 0 spiro atoms. The first kappa shape index (κ1) is 19.1. The number of ether oxygens (including phenoxy) is 3. The van der Waals surface area contributed by atoms with Crippen LogP contribution in [0.25, 0.3) is 0 Å². The zero-order valence-corrected chi connectivity index (χ0v) is 13.5. The zero-order valence-electron chi connectivity index (χ0n) is 13.5. The summed E-state index contributed by atoms with van der Waals surface area (Å²) in [5, 5.41) is 2.37. The molecule has 0 aliphatic rings. The second-order valence-electron chi connectivity index (χ2n) is 4.63. The van der Waals surface area contributed by atoms with Crippen molar-refractivity contribution in [3.63, 3.8) is 0 Å². The van der Waals surface area contributed by atoms with E-state index in [0.717, 1.165) is 21.3 Å². The summed E-state index contributed by atoms with van der Waals surface area (Å²) in [6.07, 6.45) is 2.30. The number of hydrogen-bond acceptors (Lipinski definition) is 8. The second kappa shape index (κ2) is 9.23. The van der Waals surface area contributed by atoms with Crippen LogP contribution in [0.1, 0.15) is 16.8 Å². The van der Waals surface area contributed by atoms with Crippen LogP contribution in [0.5, 0.6) is 0 Å². The van der Waals surface area contributed by atoms with E-state index in [9.17, 15) is 19.2 Å². The summed E-state index contributed by atoms with van der Waals surface area (Å²) >= 11 is 0. The van der Waals surface area contributed by atoms with Gasteiger partial charge in [-0.2, -0.15) is 0 Å². The smallest absolute Gasteiger partial charge is 0.329 e. The van der Waals surface area contributed by atoms with Crippen LogP contribution >= 0.6 is 0 Å². The number of carbonyl (C=O) groups is 4. The Balaban J connectivity index is 3.07. The van der Waals surface area contributed by atoms with Gasteiger partial charge in [-0.25, -0.2) is 4.79 Å². The van der Waals surface area contributed by atoms with Gasteiger partial charge in [-0.05, 0) is 12.1 Å². The van der Waals surface area contributed by atoms with Gasteiger partial charge in [-0.15, -0.1) is 0 Å². The number of pyridine rings is 1. The highest BCUT2D eigenvalue weighted by atomic mass is 16.5. The maximum atomic E-state index is 12.2. The van der Waals surface area contributed by atoms with Crippen LogP contribution in [-0.4, -0.2) is 56.2 Å². The average Bonchev–Trinajstić information content (AvgIpc) is 2.63. The lowest BCUT2D eigenvalue weighted by Gasteiger charge is -2.23. The van der Waals surface area contributed by atoms with Crippen LogP contribution in [0, 0.1) is 5.92 Å². The second-order valence-corrected chi connectivity index (χ2v) is 4.63. The summed E-state index contributed by atoms with van der Waals surface area (Å²) in [4.78, 5) is 51.5. The Morgan fingerprint density at radius 2 is 1.75 bits per heavy atom. The van der Waals surface area contributed by atoms with Gasteiger partial charge in [0.1, 0.15) is 6.04 Å². The van der Waals surface area contributed by atoms with Gasteiger partial charge in [0.15, 0.2) is 0 Å². The molecule has 1 heterocycles. The number of hydrogen-bond donors (Lipinski definition) is 1. The van der Waals surface area contributed by atoms with Crippen molar-refractivity contribution in [2.24, 2.45) is 5.92 Å². The van der Waals surface area contributed by atoms with Crippen molar-refractivity contribution in [3.05, 3.63) is 30.1 Å². The van der Waals surface area contributed by atoms with E-state index in [4.69, 9.17) is 0 Å². The molecule has 9 nitrogen and oxygen atoms in total. The van der Waals surface area contributed by atoms with E-state index in [-0.39, 0.29) is 5.56 Å². The van der Waals surface area contributed by atoms with E-state index < -0.39 is 42.2 Å². The van der Waals surface area contributed by atoms with Gasteiger partial charge in [-0.1, -0.05) is 0 Å². The normalized spacial score (nSPS) is 12.5. The quantitative estimate of drug-likeness (QED) is 0.531. The third kappa shape index (κ3) is 5.04. The van der Waals surface area contributed by atoms with E-state index in [1.54, 1.807) is 0 Å². The number of amides is 1. The summed E-state index contributed by atoms with van der Waals surface area (Å²) in [7, 11) is 3.33. The molecule has 0 fully saturated rings. The van der Waals surface area contributed by atoms with E-state index in [1.165, 1.54) is 24.5 Å². The van der Waals surface area contributed by atoms with Crippen molar-refractivity contribution in [3.8, 4) is 0 Å². The maximum absolute atomic E-state index is 12.2. The molecule has 0 radical (unpaired) electrons. The molecule has 24 heavy (non-hydrogen) atoms. The lowest BCUT2D eigenvalue weighted by atomic mass is 9.95. The molecule has 9 heteroatoms. The third-order valence-electron chi connectivity index (χ3n) is 3.19. The molecule has 0 aliphatic carbocycles. The maximum Gasteiger partial charge on any atom is 0.329 e. The van der Waals surface area contributed by atoms with E-state index >= 15 is 0 Å². The highest BCUT2D eigenvalue weighted by Crippen LogP contribution is 2.15. The number of aromatic nitrogens is 1. The van der Waals surface area contributed by atoms with Crippen LogP contribution in [-0.2, 0) is 28.6 Å². The number of carbonyl (C=O) groups excluding carboxylic acids is 4. The Bertz CT molecular complexity index is 603. The first-order valence-electron chi connectivity index (χ1n) is 6.88. The SMILES string of the molecule is COC(=O)C[C@@H](C(=O)OC)[C@@H](NC(=O)c1cccnc1)C(=O)OC. The van der Waals surface area contributed by atoms with Crippen LogP contribution < -0.4 is 5.32 Å². The predicted molar refractivity (Wildman–Crippen MR) is 79.6 cm³/mol. The van der Waals surface area contributed by atoms with E-state index in [2.05, 4.69) is 24.5 Å². The van der Waals surface area contributed by atoms with Crippen molar-refractivity contribution < 1.29 is 33.4 Å². The summed E-state index contributed by atoms with van der Waals surface area (Å²) in [5.74, 6) is -4.45. The molecule has 1 aromatic heterocycles. The fourth-order valence-corrected chi connectivity index (χ4v) is 1.92. The Morgan fingerprint density at radius 1 is 1.08 bits per heavy atom. The van der Waals surface area contributed by atoms with Crippen molar-refractivity contribution in [2.45, 2.75) is 12.5 Å². The molecule has 0 saturated carbocycles. The van der Waals surface area contributed by atoms with Crippen molar-refractivity contribution >= 4 is 23.8 Å². The molecule has 1 rings (SSSR count). The molecule has 0 bridgehead atoms. The number of nitrogens with one attached hydrogen (secondary N) is 1. The van der Waals surface area contributed by atoms with Crippen molar-refractivity contribution in [2.75, 3.05) is 21.3 Å². The zero-order chi connectivity index (χ0) is 18.1. The van der Waals surface area contributed by atoms with Crippen molar-refractivity contribution in [1.82, 2.24) is 10.3 Å². The lowest BCUT2D eigenvalue weighted by molar-refractivity contribution is -0.158. The number of methoxy groups -OCH3 is 3. The monoisotopic (exact) mass is 338 g/mol. The Hall–Kier alpha value is -2.97. The molecule has 130 valence electrons. The average molecular weight is 338 g/mol. The van der Waals surface area contributed by atoms with Crippen LogP contribution in [0.15, 0.2) is 24.5 Å². The molecule has 0 aliphatic heterocycles. The first-order chi connectivity index (χ1) is 11.4. The number of esters is 3. The fraction of sp³-hybridized carbons (Fsp3) is 0.400. The molecule has 0 aromatic carbocycles. The van der Waals surface area contributed by atoms with Gasteiger partial charge in [0, 0.05) is 12.4 Å². The van der Waals surface area contributed by atoms with Gasteiger partial charge < -0.3 is 19.5 Å². The minimum absolute atomic E-state index is 0.174. The highest BCUT2D eigenvalue weighted by molar-refractivity contribution is 5.98. The lowest BCUT2D eigenvalue weighted by Crippen LogP contribution is -2.50. The molecular formula is C15H18N2O7. The fourth-order valence-electron chi connectivity index (χ4n) is 1.92. The molecule has 0 unspecified atom stereocenters. The summed E-state index contributed by atoms with van der Waals surface area (Å²) in [6, 6.07) is 1.59. The van der Waals surface area contributed by atoms with Crippen LogP contribution in [0.2, 0.25) is 0 Å². The van der Waals surface area contributed by atoms with E-state index in [0.29, 0.717) is 0 Å². The van der Waals surface area contributed by atoms with Gasteiger partial charge in [0.05, 0.1) is 39.2 Å². The predicted octanol–water partition coefficient (Wildman–Crippen LogP) is -0.295. The molecule has 1 aromatic rings. The minimum Gasteiger partial charge on any atom is -0.469 e. The Morgan fingerprint density at radius 3 is 2.25 bits per heavy atom. The standard InChI is InChI=1S/C15H18N2O7/c1-22-11(18)7-10(14(20)23-2)12(15(21)24-3)17-13(19)9-5-4-6-16-8-9/h4-6,8,10,12H,7H2,1-3H3,(H,17,19)/t10-,12-/m1/s1. The van der Waals surface area contributed by atoms with Gasteiger partial charge >= 0.3 is 17.9 Å². The van der Waals surface area contributed by atoms with Gasteiger partial charge in [-0.3, -0.25) is 19.4 Å². The van der Waals surface area contributed by atoms with E-state index in [1.807, 2.05) is 0 Å². The summed E-state index contributed by atoms with van der Waals surface area (Å²) < 4.78 is 13.7. The minimum atomic E-state index is -1.42. The third-order valence-corrected chi connectivity index (χ3v) is 3.19. The number of rotatable bonds is 7. The Labute approximate surface area is 138 Å². The van der Waals surface area contributed by atoms with Gasteiger partial charge in [0.25, 0.3) is 5.91 Å². The molecular weight excluding hydrogens is 320 g/mol. The summed E-state index contributed by atoms with van der Waals surface area (Å²) in [5.41, 5.74) is 0.174. The Kier molecular flexibility index (Phi) is 7.34. The van der Waals surface area contributed by atoms with Crippen LogP contribution in [0.4, 0.5) is 0 Å². The molecule has 2 atom stereocenters. The van der Waals surface area contributed by atoms with Crippen LogP contribution in [0.3, 0.4) is 0 Å². The molecule has 1 amide bonds. The van der Waals surface area contributed by atoms with Gasteiger partial charge in [0.2, 0.25) is 0 Å². The molecule has 1 N–H and O–H groups in total. The highest BCUT2D eigenvalue weighted by Gasteiger charge is 2.38. The summed E-state index contributed by atoms with van der Waals surface area (Å²) in [6.45, 7) is 0. The molecule has 0 saturated heterocycles. The first-order valence-corrected chi connectivity index (χ1v) is 6.88. The topological polar surface area (TPSA) is 121 Å². The number of nitrogens with zero attached hydrogens (tertiary/aromatic N) is 1. The van der Waals surface area contributed by atoms with Crippen molar-refractivity contribution in [1.29, 1.82) is 0 Å².